The van der Waals surface area contributed by atoms with Crippen LogP contribution < -0.4 is 11.1 Å². The zero-order valence-corrected chi connectivity index (χ0v) is 10.3. The summed E-state index contributed by atoms with van der Waals surface area (Å²) in [5.74, 6) is -0.204. The molecule has 4 nitrogen and oxygen atoms in total. The first kappa shape index (κ1) is 12.1. The van der Waals surface area contributed by atoms with Gasteiger partial charge in [0.25, 0.3) is 0 Å². The van der Waals surface area contributed by atoms with Crippen molar-refractivity contribution in [2.24, 2.45) is 5.73 Å². The van der Waals surface area contributed by atoms with Gasteiger partial charge in [-0.1, -0.05) is 20.8 Å². The van der Waals surface area contributed by atoms with Crippen molar-refractivity contribution in [3.8, 4) is 0 Å². The van der Waals surface area contributed by atoms with E-state index in [1.54, 1.807) is 6.92 Å². The van der Waals surface area contributed by atoms with Crippen molar-refractivity contribution >= 4 is 22.4 Å². The van der Waals surface area contributed by atoms with Crippen molar-refractivity contribution in [3.05, 3.63) is 11.1 Å². The molecule has 0 saturated carbocycles. The van der Waals surface area contributed by atoms with Crippen LogP contribution in [0.5, 0.6) is 0 Å². The van der Waals surface area contributed by atoms with E-state index in [1.807, 2.05) is 5.38 Å². The molecular formula is C10H17N3OS. The number of aromatic nitrogens is 1. The zero-order valence-electron chi connectivity index (χ0n) is 9.50. The Balaban J connectivity index is 2.73. The van der Waals surface area contributed by atoms with E-state index in [1.165, 1.54) is 11.3 Å². The molecule has 0 aromatic carbocycles. The van der Waals surface area contributed by atoms with Crippen LogP contribution in [-0.4, -0.2) is 16.9 Å². The minimum Gasteiger partial charge on any atom is -0.320 e. The van der Waals surface area contributed by atoms with E-state index in [0.717, 1.165) is 5.69 Å². The molecule has 1 atom stereocenters. The zero-order chi connectivity index (χ0) is 11.6. The molecule has 0 unspecified atom stereocenters. The van der Waals surface area contributed by atoms with Crippen LogP contribution in [0.2, 0.25) is 0 Å². The molecule has 0 fully saturated rings. The van der Waals surface area contributed by atoms with Crippen LogP contribution in [0.1, 0.15) is 33.4 Å². The van der Waals surface area contributed by atoms with Crippen LogP contribution in [0, 0.1) is 0 Å². The predicted molar refractivity (Wildman–Crippen MR) is 63.1 cm³/mol. The third-order valence-corrected chi connectivity index (χ3v) is 2.67. The normalized spacial score (nSPS) is 13.7. The number of hydrogen-bond acceptors (Lipinski definition) is 4. The van der Waals surface area contributed by atoms with Gasteiger partial charge in [-0.3, -0.25) is 4.79 Å². The van der Waals surface area contributed by atoms with Crippen LogP contribution in [0.25, 0.3) is 0 Å². The monoisotopic (exact) mass is 227 g/mol. The molecule has 1 rings (SSSR count). The summed E-state index contributed by atoms with van der Waals surface area (Å²) in [5, 5.41) is 5.25. The fourth-order valence-electron chi connectivity index (χ4n) is 0.895. The summed E-state index contributed by atoms with van der Waals surface area (Å²) >= 11 is 1.42. The first-order chi connectivity index (χ1) is 6.80. The Bertz CT molecular complexity index is 352. The molecule has 0 saturated heterocycles. The van der Waals surface area contributed by atoms with E-state index >= 15 is 0 Å². The van der Waals surface area contributed by atoms with Crippen molar-refractivity contribution in [2.75, 3.05) is 5.32 Å². The molecule has 0 aliphatic carbocycles. The van der Waals surface area contributed by atoms with Gasteiger partial charge in [0.05, 0.1) is 11.7 Å². The molecular weight excluding hydrogens is 210 g/mol. The fourth-order valence-corrected chi connectivity index (χ4v) is 1.83. The number of nitrogens with one attached hydrogen (secondary N) is 1. The Morgan fingerprint density at radius 3 is 2.60 bits per heavy atom. The van der Waals surface area contributed by atoms with Gasteiger partial charge in [-0.15, -0.1) is 11.3 Å². The third-order valence-electron chi connectivity index (χ3n) is 1.92. The highest BCUT2D eigenvalue weighted by Crippen LogP contribution is 2.26. The van der Waals surface area contributed by atoms with E-state index in [4.69, 9.17) is 5.73 Å². The van der Waals surface area contributed by atoms with Gasteiger partial charge in [-0.25, -0.2) is 4.98 Å². The maximum Gasteiger partial charge on any atom is 0.242 e. The van der Waals surface area contributed by atoms with Gasteiger partial charge in [0.15, 0.2) is 5.13 Å². The Labute approximate surface area is 93.9 Å². The molecule has 0 aliphatic rings. The van der Waals surface area contributed by atoms with Crippen molar-refractivity contribution < 1.29 is 4.79 Å². The summed E-state index contributed by atoms with van der Waals surface area (Å²) < 4.78 is 0. The molecule has 0 radical (unpaired) electrons. The molecule has 0 bridgehead atoms. The van der Waals surface area contributed by atoms with E-state index in [-0.39, 0.29) is 11.3 Å². The summed E-state index contributed by atoms with van der Waals surface area (Å²) in [5.41, 5.74) is 6.43. The quantitative estimate of drug-likeness (QED) is 0.808. The Morgan fingerprint density at radius 1 is 1.60 bits per heavy atom. The number of nitrogens with two attached hydrogens (primary N) is 1. The average Bonchev–Trinajstić information content (AvgIpc) is 2.51. The second kappa shape index (κ2) is 4.28. The maximum absolute atomic E-state index is 11.3. The first-order valence-electron chi connectivity index (χ1n) is 4.83. The second-order valence-corrected chi connectivity index (χ2v) is 5.42. The lowest BCUT2D eigenvalue weighted by Gasteiger charge is -2.14. The SMILES string of the molecule is C[C@@H](N)C(=O)Nc1nc(C(C)(C)C)cs1. The summed E-state index contributed by atoms with van der Waals surface area (Å²) in [7, 11) is 0. The van der Waals surface area contributed by atoms with Crippen LogP contribution in [0.3, 0.4) is 0 Å². The average molecular weight is 227 g/mol. The van der Waals surface area contributed by atoms with Crippen molar-refractivity contribution in [3.63, 3.8) is 0 Å². The molecule has 1 aromatic rings. The number of carbonyl (C=O) groups is 1. The Kier molecular flexibility index (Phi) is 3.46. The minimum absolute atomic E-state index is 0.00775. The van der Waals surface area contributed by atoms with Crippen LogP contribution in [0.15, 0.2) is 5.38 Å². The van der Waals surface area contributed by atoms with Gasteiger partial charge in [-0.2, -0.15) is 0 Å². The highest BCUT2D eigenvalue weighted by Gasteiger charge is 2.18. The van der Waals surface area contributed by atoms with Gasteiger partial charge in [0, 0.05) is 10.8 Å². The lowest BCUT2D eigenvalue weighted by molar-refractivity contribution is -0.117. The number of amides is 1. The molecule has 0 spiro atoms. The molecule has 1 aromatic heterocycles. The standard InChI is InChI=1S/C10H17N3OS/c1-6(11)8(14)13-9-12-7(5-15-9)10(2,3)4/h5-6H,11H2,1-4H3,(H,12,13,14)/t6-/m1/s1. The Hall–Kier alpha value is -0.940. The van der Waals surface area contributed by atoms with Gasteiger partial charge >= 0.3 is 0 Å². The fraction of sp³-hybridized carbons (Fsp3) is 0.600. The second-order valence-electron chi connectivity index (χ2n) is 4.57. The first-order valence-corrected chi connectivity index (χ1v) is 5.71. The van der Waals surface area contributed by atoms with Crippen LogP contribution in [0.4, 0.5) is 5.13 Å². The van der Waals surface area contributed by atoms with E-state index in [9.17, 15) is 4.79 Å². The topological polar surface area (TPSA) is 68.0 Å². The highest BCUT2D eigenvalue weighted by molar-refractivity contribution is 7.13. The molecule has 5 heteroatoms. The van der Waals surface area contributed by atoms with Crippen LogP contribution >= 0.6 is 11.3 Å². The van der Waals surface area contributed by atoms with Gasteiger partial charge in [0.2, 0.25) is 5.91 Å². The van der Waals surface area contributed by atoms with Crippen molar-refractivity contribution in [1.29, 1.82) is 0 Å². The number of thiazole rings is 1. The number of anilines is 1. The highest BCUT2D eigenvalue weighted by atomic mass is 32.1. The van der Waals surface area contributed by atoms with Crippen molar-refractivity contribution in [2.45, 2.75) is 39.2 Å². The van der Waals surface area contributed by atoms with E-state index in [0.29, 0.717) is 5.13 Å². The van der Waals surface area contributed by atoms with E-state index in [2.05, 4.69) is 31.1 Å². The lowest BCUT2D eigenvalue weighted by atomic mass is 9.93. The summed E-state index contributed by atoms with van der Waals surface area (Å²) in [6, 6.07) is -0.507. The van der Waals surface area contributed by atoms with E-state index < -0.39 is 6.04 Å². The summed E-state index contributed by atoms with van der Waals surface area (Å²) in [6.07, 6.45) is 0. The molecule has 1 heterocycles. The van der Waals surface area contributed by atoms with Gasteiger partial charge in [-0.05, 0) is 6.92 Å². The largest absolute Gasteiger partial charge is 0.320 e. The van der Waals surface area contributed by atoms with Crippen LogP contribution in [-0.2, 0) is 10.2 Å². The van der Waals surface area contributed by atoms with Gasteiger partial charge < -0.3 is 11.1 Å². The third kappa shape index (κ3) is 3.28. The number of nitrogens with zero attached hydrogens (tertiary/aromatic N) is 1. The molecule has 0 aliphatic heterocycles. The Morgan fingerprint density at radius 2 is 2.20 bits per heavy atom. The summed E-state index contributed by atoms with van der Waals surface area (Å²) in [6.45, 7) is 7.89. The minimum atomic E-state index is -0.507. The molecule has 84 valence electrons. The van der Waals surface area contributed by atoms with Crippen molar-refractivity contribution in [1.82, 2.24) is 4.98 Å². The summed E-state index contributed by atoms with van der Waals surface area (Å²) in [4.78, 5) is 15.6. The molecule has 3 N–H and O–H groups in total. The molecule has 15 heavy (non-hydrogen) atoms. The number of hydrogen-bond donors (Lipinski definition) is 2. The molecule has 1 amide bonds. The van der Waals surface area contributed by atoms with Gasteiger partial charge in [0.1, 0.15) is 0 Å². The predicted octanol–water partition coefficient (Wildman–Crippen LogP) is 1.73. The maximum atomic E-state index is 11.3. The number of rotatable bonds is 2. The smallest absolute Gasteiger partial charge is 0.242 e. The number of carbonyl (C=O) groups excluding carboxylic acids is 1. The lowest BCUT2D eigenvalue weighted by Crippen LogP contribution is -2.32.